The first-order chi connectivity index (χ1) is 10.9. The molecule has 0 bridgehead atoms. The van der Waals surface area contributed by atoms with Crippen molar-refractivity contribution < 1.29 is 19.1 Å². The van der Waals surface area contributed by atoms with Gasteiger partial charge in [-0.05, 0) is 13.8 Å². The molecule has 3 amide bonds. The van der Waals surface area contributed by atoms with Gasteiger partial charge >= 0.3 is 12.0 Å². The zero-order valence-corrected chi connectivity index (χ0v) is 13.3. The maximum atomic E-state index is 12.0. The van der Waals surface area contributed by atoms with Crippen molar-refractivity contribution in [2.75, 3.05) is 0 Å². The van der Waals surface area contributed by atoms with E-state index in [9.17, 15) is 14.4 Å². The SMILES string of the molecule is Cc1ccc(-c2nc(C(=O)O[C@H](C)C(=O)NC(N)=O)cs2)cc1. The number of urea groups is 1. The normalized spacial score (nSPS) is 11.6. The van der Waals surface area contributed by atoms with Crippen molar-refractivity contribution >= 4 is 29.2 Å². The number of nitrogens with one attached hydrogen (secondary N) is 1. The van der Waals surface area contributed by atoms with E-state index in [1.165, 1.54) is 18.3 Å². The summed E-state index contributed by atoms with van der Waals surface area (Å²) >= 11 is 1.30. The van der Waals surface area contributed by atoms with Crippen molar-refractivity contribution in [1.29, 1.82) is 0 Å². The third-order valence-electron chi connectivity index (χ3n) is 2.91. The first-order valence-electron chi connectivity index (χ1n) is 6.70. The van der Waals surface area contributed by atoms with E-state index >= 15 is 0 Å². The van der Waals surface area contributed by atoms with Gasteiger partial charge in [-0.15, -0.1) is 11.3 Å². The maximum absolute atomic E-state index is 12.0. The van der Waals surface area contributed by atoms with Crippen LogP contribution in [0.2, 0.25) is 0 Å². The molecule has 3 N–H and O–H groups in total. The number of primary amides is 1. The van der Waals surface area contributed by atoms with E-state index in [-0.39, 0.29) is 5.69 Å². The van der Waals surface area contributed by atoms with Crippen LogP contribution in [0.15, 0.2) is 29.6 Å². The largest absolute Gasteiger partial charge is 0.448 e. The lowest BCUT2D eigenvalue weighted by molar-refractivity contribution is -0.127. The standard InChI is InChI=1S/C15H15N3O4S/c1-8-3-5-10(6-4-8)13-17-11(7-23-13)14(20)22-9(2)12(19)18-15(16)21/h3-7,9H,1-2H3,(H3,16,18,19,21)/t9-/m1/s1. The molecule has 0 fully saturated rings. The highest BCUT2D eigenvalue weighted by atomic mass is 32.1. The second kappa shape index (κ2) is 7.01. The molecule has 2 rings (SSSR count). The zero-order valence-electron chi connectivity index (χ0n) is 12.5. The number of aryl methyl sites for hydroxylation is 1. The van der Waals surface area contributed by atoms with Crippen molar-refractivity contribution in [3.8, 4) is 10.6 Å². The van der Waals surface area contributed by atoms with Gasteiger partial charge in [-0.25, -0.2) is 14.6 Å². The summed E-state index contributed by atoms with van der Waals surface area (Å²) in [7, 11) is 0. The summed E-state index contributed by atoms with van der Waals surface area (Å²) in [6.45, 7) is 3.32. The zero-order chi connectivity index (χ0) is 17.0. The molecule has 1 heterocycles. The van der Waals surface area contributed by atoms with Crippen molar-refractivity contribution in [1.82, 2.24) is 10.3 Å². The molecule has 0 aliphatic carbocycles. The van der Waals surface area contributed by atoms with Crippen LogP contribution in [0.5, 0.6) is 0 Å². The molecule has 0 saturated heterocycles. The van der Waals surface area contributed by atoms with E-state index in [1.54, 1.807) is 5.38 Å². The van der Waals surface area contributed by atoms with Gasteiger partial charge in [0.2, 0.25) is 0 Å². The van der Waals surface area contributed by atoms with Gasteiger partial charge in [0.1, 0.15) is 5.01 Å². The summed E-state index contributed by atoms with van der Waals surface area (Å²) in [5.41, 5.74) is 6.94. The van der Waals surface area contributed by atoms with E-state index in [1.807, 2.05) is 36.5 Å². The number of nitrogens with two attached hydrogens (primary N) is 1. The van der Waals surface area contributed by atoms with E-state index in [0.29, 0.717) is 5.01 Å². The summed E-state index contributed by atoms with van der Waals surface area (Å²) in [6.07, 6.45) is -1.15. The Bertz CT molecular complexity index is 739. The van der Waals surface area contributed by atoms with Gasteiger partial charge in [0.15, 0.2) is 11.8 Å². The molecule has 23 heavy (non-hydrogen) atoms. The molecule has 0 aliphatic heterocycles. The molecule has 0 saturated carbocycles. The number of imide groups is 1. The highest BCUT2D eigenvalue weighted by molar-refractivity contribution is 7.13. The summed E-state index contributed by atoms with van der Waals surface area (Å²) in [5, 5.41) is 4.06. The van der Waals surface area contributed by atoms with Crippen LogP contribution in [-0.4, -0.2) is 29.0 Å². The van der Waals surface area contributed by atoms with Crippen molar-refractivity contribution in [3.63, 3.8) is 0 Å². The fourth-order valence-electron chi connectivity index (χ4n) is 1.69. The maximum Gasteiger partial charge on any atom is 0.358 e. The van der Waals surface area contributed by atoms with Crippen LogP contribution in [0.25, 0.3) is 10.6 Å². The van der Waals surface area contributed by atoms with Crippen LogP contribution < -0.4 is 11.1 Å². The second-order valence-corrected chi connectivity index (χ2v) is 5.66. The highest BCUT2D eigenvalue weighted by Gasteiger charge is 2.21. The fourth-order valence-corrected chi connectivity index (χ4v) is 2.49. The Balaban J connectivity index is 2.05. The van der Waals surface area contributed by atoms with Gasteiger partial charge in [-0.2, -0.15) is 0 Å². The number of carbonyl (C=O) groups is 3. The summed E-state index contributed by atoms with van der Waals surface area (Å²) in [5.74, 6) is -1.54. The van der Waals surface area contributed by atoms with Gasteiger partial charge in [-0.1, -0.05) is 29.8 Å². The molecule has 0 unspecified atom stereocenters. The Kier molecular flexibility index (Phi) is 5.07. The minimum atomic E-state index is -1.15. The van der Waals surface area contributed by atoms with Gasteiger partial charge in [-0.3, -0.25) is 10.1 Å². The lowest BCUT2D eigenvalue weighted by atomic mass is 10.2. The molecule has 0 radical (unpaired) electrons. The molecular weight excluding hydrogens is 318 g/mol. The van der Waals surface area contributed by atoms with Crippen LogP contribution in [0.3, 0.4) is 0 Å². The van der Waals surface area contributed by atoms with Crippen LogP contribution >= 0.6 is 11.3 Å². The monoisotopic (exact) mass is 333 g/mol. The number of rotatable bonds is 4. The molecule has 0 aliphatic rings. The summed E-state index contributed by atoms with van der Waals surface area (Å²) in [6, 6.07) is 6.71. The molecular formula is C15H15N3O4S. The van der Waals surface area contributed by atoms with E-state index < -0.39 is 24.0 Å². The van der Waals surface area contributed by atoms with Crippen molar-refractivity contribution in [2.45, 2.75) is 20.0 Å². The third-order valence-corrected chi connectivity index (χ3v) is 3.80. The number of nitrogens with zero attached hydrogens (tertiary/aromatic N) is 1. The average molecular weight is 333 g/mol. The van der Waals surface area contributed by atoms with Gasteiger partial charge in [0.25, 0.3) is 5.91 Å². The van der Waals surface area contributed by atoms with Crippen LogP contribution in [0, 0.1) is 6.92 Å². The number of benzene rings is 1. The molecule has 7 nitrogen and oxygen atoms in total. The molecule has 1 atom stereocenters. The topological polar surface area (TPSA) is 111 Å². The lowest BCUT2D eigenvalue weighted by Crippen LogP contribution is -2.42. The third kappa shape index (κ3) is 4.36. The Morgan fingerprint density at radius 1 is 1.26 bits per heavy atom. The fraction of sp³-hybridized carbons (Fsp3) is 0.200. The van der Waals surface area contributed by atoms with Crippen molar-refractivity contribution in [3.05, 3.63) is 40.9 Å². The predicted molar refractivity (Wildman–Crippen MR) is 84.9 cm³/mol. The highest BCUT2D eigenvalue weighted by Crippen LogP contribution is 2.24. The number of thiazole rings is 1. The van der Waals surface area contributed by atoms with E-state index in [2.05, 4.69) is 4.98 Å². The molecule has 0 spiro atoms. The van der Waals surface area contributed by atoms with E-state index in [4.69, 9.17) is 10.5 Å². The lowest BCUT2D eigenvalue weighted by Gasteiger charge is -2.10. The predicted octanol–water partition coefficient (Wildman–Crippen LogP) is 1.86. The Morgan fingerprint density at radius 3 is 2.52 bits per heavy atom. The minimum absolute atomic E-state index is 0.101. The van der Waals surface area contributed by atoms with Crippen LogP contribution in [0.1, 0.15) is 23.0 Å². The smallest absolute Gasteiger partial charge is 0.358 e. The molecule has 1 aromatic carbocycles. The summed E-state index contributed by atoms with van der Waals surface area (Å²) in [4.78, 5) is 38.2. The Hall–Kier alpha value is -2.74. The quantitative estimate of drug-likeness (QED) is 0.830. The molecule has 8 heteroatoms. The second-order valence-electron chi connectivity index (χ2n) is 4.80. The number of esters is 1. The summed E-state index contributed by atoms with van der Waals surface area (Å²) < 4.78 is 4.95. The van der Waals surface area contributed by atoms with Crippen LogP contribution in [0.4, 0.5) is 4.79 Å². The molecule has 2 aromatic rings. The van der Waals surface area contributed by atoms with Gasteiger partial charge < -0.3 is 10.5 Å². The van der Waals surface area contributed by atoms with Crippen molar-refractivity contribution in [2.24, 2.45) is 5.73 Å². The number of hydrogen-bond acceptors (Lipinski definition) is 6. The number of hydrogen-bond donors (Lipinski definition) is 2. The first kappa shape index (κ1) is 16.6. The Labute approximate surface area is 136 Å². The average Bonchev–Trinajstić information content (AvgIpc) is 2.97. The van der Waals surface area contributed by atoms with Crippen LogP contribution in [-0.2, 0) is 9.53 Å². The number of ether oxygens (including phenoxy) is 1. The first-order valence-corrected chi connectivity index (χ1v) is 7.58. The van der Waals surface area contributed by atoms with Gasteiger partial charge in [0.05, 0.1) is 0 Å². The number of aromatic nitrogens is 1. The Morgan fingerprint density at radius 2 is 1.91 bits per heavy atom. The van der Waals surface area contributed by atoms with Gasteiger partial charge in [0, 0.05) is 10.9 Å². The molecule has 1 aromatic heterocycles. The van der Waals surface area contributed by atoms with E-state index in [0.717, 1.165) is 11.1 Å². The molecule has 120 valence electrons. The number of carbonyl (C=O) groups excluding carboxylic acids is 3. The number of amides is 3. The minimum Gasteiger partial charge on any atom is -0.448 e.